The van der Waals surface area contributed by atoms with Crippen LogP contribution in [0.15, 0.2) is 16.9 Å². The van der Waals surface area contributed by atoms with Crippen LogP contribution in [0.5, 0.6) is 0 Å². The molecule has 1 atom stereocenters. The number of hydrogen-bond donors (Lipinski definition) is 2. The smallest absolute Gasteiger partial charge is 0.274 e. The van der Waals surface area contributed by atoms with Crippen LogP contribution >= 0.6 is 0 Å². The third-order valence-corrected chi connectivity index (χ3v) is 3.56. The van der Waals surface area contributed by atoms with Crippen molar-refractivity contribution in [2.24, 2.45) is 5.92 Å². The summed E-state index contributed by atoms with van der Waals surface area (Å²) >= 11 is 0. The van der Waals surface area contributed by atoms with Gasteiger partial charge in [0.15, 0.2) is 17.3 Å². The first-order valence-electron chi connectivity index (χ1n) is 7.27. The fourth-order valence-electron chi connectivity index (χ4n) is 2.13. The van der Waals surface area contributed by atoms with Gasteiger partial charge in [-0.15, -0.1) is 0 Å². The molecule has 2 aromatic rings. The van der Waals surface area contributed by atoms with Gasteiger partial charge in [-0.25, -0.2) is 9.97 Å². The predicted octanol–water partition coefficient (Wildman–Crippen LogP) is 1.45. The summed E-state index contributed by atoms with van der Waals surface area (Å²) in [6.07, 6.45) is 5.04. The predicted molar refractivity (Wildman–Crippen MR) is 77.8 cm³/mol. The number of aromatic nitrogens is 4. The van der Waals surface area contributed by atoms with Gasteiger partial charge in [0.2, 0.25) is 5.89 Å². The van der Waals surface area contributed by atoms with Crippen LogP contribution in [0.1, 0.15) is 60.9 Å². The first-order chi connectivity index (χ1) is 10.6. The maximum Gasteiger partial charge on any atom is 0.274 e. The van der Waals surface area contributed by atoms with Crippen molar-refractivity contribution in [1.82, 2.24) is 25.4 Å². The Morgan fingerprint density at radius 3 is 2.73 bits per heavy atom. The van der Waals surface area contributed by atoms with Crippen molar-refractivity contribution < 1.29 is 9.32 Å². The highest BCUT2D eigenvalue weighted by molar-refractivity contribution is 5.96. The minimum absolute atomic E-state index is 0.0781. The number of nitrogens with one attached hydrogen (secondary N) is 1. The van der Waals surface area contributed by atoms with E-state index in [2.05, 4.69) is 25.4 Å². The van der Waals surface area contributed by atoms with Crippen LogP contribution in [0.25, 0.3) is 0 Å². The quantitative estimate of drug-likeness (QED) is 0.857. The normalized spacial score (nSPS) is 15.8. The molecule has 0 spiro atoms. The monoisotopic (exact) mass is 302 g/mol. The zero-order valence-corrected chi connectivity index (χ0v) is 12.5. The topological polar surface area (TPSA) is 120 Å². The van der Waals surface area contributed by atoms with E-state index in [-0.39, 0.29) is 17.4 Å². The molecule has 2 heterocycles. The second-order valence-electron chi connectivity index (χ2n) is 5.75. The molecule has 0 bridgehead atoms. The van der Waals surface area contributed by atoms with Crippen LogP contribution in [0.2, 0.25) is 0 Å². The molecular weight excluding hydrogens is 284 g/mol. The van der Waals surface area contributed by atoms with Crippen molar-refractivity contribution in [3.63, 3.8) is 0 Å². The number of hydrogen-bond acceptors (Lipinski definition) is 7. The van der Waals surface area contributed by atoms with Gasteiger partial charge in [-0.05, 0) is 18.8 Å². The molecule has 2 aromatic heterocycles. The van der Waals surface area contributed by atoms with Crippen molar-refractivity contribution in [2.75, 3.05) is 5.73 Å². The number of nitrogen functional groups attached to an aromatic ring is 1. The van der Waals surface area contributed by atoms with Gasteiger partial charge in [-0.3, -0.25) is 4.79 Å². The van der Waals surface area contributed by atoms with E-state index in [9.17, 15) is 4.79 Å². The number of carbonyl (C=O) groups is 1. The molecule has 0 saturated heterocycles. The minimum atomic E-state index is -0.407. The second-order valence-corrected chi connectivity index (χ2v) is 5.75. The lowest BCUT2D eigenvalue weighted by atomic mass is 10.0. The Morgan fingerprint density at radius 1 is 1.36 bits per heavy atom. The Hall–Kier alpha value is -2.51. The summed E-state index contributed by atoms with van der Waals surface area (Å²) in [6.45, 7) is 3.93. The zero-order valence-electron chi connectivity index (χ0n) is 12.5. The zero-order chi connectivity index (χ0) is 15.7. The molecule has 3 rings (SSSR count). The maximum atomic E-state index is 12.3. The lowest BCUT2D eigenvalue weighted by Crippen LogP contribution is -2.33. The molecule has 1 amide bonds. The van der Waals surface area contributed by atoms with E-state index in [4.69, 9.17) is 10.3 Å². The van der Waals surface area contributed by atoms with Crippen LogP contribution in [0, 0.1) is 5.92 Å². The SMILES string of the molecule is CC(C)C(NC(=O)c1nccnc1N)c1nc(C2CC2)no1. The highest BCUT2D eigenvalue weighted by atomic mass is 16.5. The molecule has 8 heteroatoms. The van der Waals surface area contributed by atoms with E-state index < -0.39 is 11.9 Å². The van der Waals surface area contributed by atoms with E-state index in [1.54, 1.807) is 0 Å². The Labute approximate surface area is 127 Å². The largest absolute Gasteiger partial charge is 0.382 e. The standard InChI is InChI=1S/C14H18N6O2/c1-7(2)9(14-19-12(20-22-14)8-3-4-8)18-13(21)10-11(15)17-6-5-16-10/h5-9H,3-4H2,1-2H3,(H2,15,17)(H,18,21). The highest BCUT2D eigenvalue weighted by Crippen LogP contribution is 2.38. The molecular formula is C14H18N6O2. The van der Waals surface area contributed by atoms with Crippen LogP contribution < -0.4 is 11.1 Å². The molecule has 22 heavy (non-hydrogen) atoms. The molecule has 0 aliphatic heterocycles. The average molecular weight is 302 g/mol. The fourth-order valence-corrected chi connectivity index (χ4v) is 2.13. The molecule has 8 nitrogen and oxygen atoms in total. The average Bonchev–Trinajstić information content (AvgIpc) is 3.23. The first kappa shape index (κ1) is 14.4. The summed E-state index contributed by atoms with van der Waals surface area (Å²) < 4.78 is 5.31. The second kappa shape index (κ2) is 5.70. The molecule has 1 aliphatic rings. The number of rotatable bonds is 5. The van der Waals surface area contributed by atoms with Gasteiger partial charge < -0.3 is 15.6 Å². The Balaban J connectivity index is 1.79. The van der Waals surface area contributed by atoms with Gasteiger partial charge in [0.1, 0.15) is 6.04 Å². The van der Waals surface area contributed by atoms with Crippen LogP contribution in [-0.2, 0) is 0 Å². The van der Waals surface area contributed by atoms with E-state index in [0.717, 1.165) is 12.8 Å². The molecule has 1 aliphatic carbocycles. The molecule has 116 valence electrons. The molecule has 0 radical (unpaired) electrons. The summed E-state index contributed by atoms with van der Waals surface area (Å²) in [5.41, 5.74) is 5.77. The first-order valence-corrected chi connectivity index (χ1v) is 7.27. The van der Waals surface area contributed by atoms with Gasteiger partial charge in [0.25, 0.3) is 5.91 Å². The lowest BCUT2D eigenvalue weighted by Gasteiger charge is -2.18. The third kappa shape index (κ3) is 2.90. The molecule has 1 saturated carbocycles. The van der Waals surface area contributed by atoms with Gasteiger partial charge in [0.05, 0.1) is 0 Å². The van der Waals surface area contributed by atoms with Crippen molar-refractivity contribution >= 4 is 11.7 Å². The van der Waals surface area contributed by atoms with Gasteiger partial charge in [-0.2, -0.15) is 4.98 Å². The number of nitrogens with two attached hydrogens (primary N) is 1. The highest BCUT2D eigenvalue weighted by Gasteiger charge is 2.32. The number of nitrogens with zero attached hydrogens (tertiary/aromatic N) is 4. The lowest BCUT2D eigenvalue weighted by molar-refractivity contribution is 0.0909. The van der Waals surface area contributed by atoms with E-state index in [0.29, 0.717) is 17.6 Å². The van der Waals surface area contributed by atoms with Crippen molar-refractivity contribution in [1.29, 1.82) is 0 Å². The van der Waals surface area contributed by atoms with E-state index in [1.807, 2.05) is 13.8 Å². The number of carbonyl (C=O) groups excluding carboxylic acids is 1. The summed E-state index contributed by atoms with van der Waals surface area (Å²) in [7, 11) is 0. The van der Waals surface area contributed by atoms with Crippen molar-refractivity contribution in [3.8, 4) is 0 Å². The number of amides is 1. The molecule has 0 aromatic carbocycles. The minimum Gasteiger partial charge on any atom is -0.382 e. The van der Waals surface area contributed by atoms with Crippen molar-refractivity contribution in [3.05, 3.63) is 29.8 Å². The molecule has 1 unspecified atom stereocenters. The Morgan fingerprint density at radius 2 is 2.09 bits per heavy atom. The van der Waals surface area contributed by atoms with Crippen LogP contribution in [-0.4, -0.2) is 26.0 Å². The van der Waals surface area contributed by atoms with Gasteiger partial charge >= 0.3 is 0 Å². The molecule has 3 N–H and O–H groups in total. The third-order valence-electron chi connectivity index (χ3n) is 3.56. The van der Waals surface area contributed by atoms with Gasteiger partial charge in [0, 0.05) is 18.3 Å². The van der Waals surface area contributed by atoms with E-state index in [1.165, 1.54) is 12.4 Å². The van der Waals surface area contributed by atoms with Crippen LogP contribution in [0.3, 0.4) is 0 Å². The maximum absolute atomic E-state index is 12.3. The number of anilines is 1. The van der Waals surface area contributed by atoms with E-state index >= 15 is 0 Å². The fraction of sp³-hybridized carbons (Fsp3) is 0.500. The Bertz CT molecular complexity index is 679. The summed E-state index contributed by atoms with van der Waals surface area (Å²) in [5, 5.41) is 6.83. The summed E-state index contributed by atoms with van der Waals surface area (Å²) in [6, 6.07) is -0.395. The summed E-state index contributed by atoms with van der Waals surface area (Å²) in [4.78, 5) is 24.6. The Kier molecular flexibility index (Phi) is 3.74. The van der Waals surface area contributed by atoms with Crippen LogP contribution in [0.4, 0.5) is 5.82 Å². The van der Waals surface area contributed by atoms with Gasteiger partial charge in [-0.1, -0.05) is 19.0 Å². The summed E-state index contributed by atoms with van der Waals surface area (Å²) in [5.74, 6) is 1.29. The molecule has 1 fully saturated rings. The van der Waals surface area contributed by atoms with Crippen molar-refractivity contribution in [2.45, 2.75) is 38.6 Å².